The Morgan fingerprint density at radius 3 is 2.95 bits per heavy atom. The minimum Gasteiger partial charge on any atom is -0.493 e. The molecule has 0 aliphatic carbocycles. The van der Waals surface area contributed by atoms with Crippen molar-refractivity contribution in [3.8, 4) is 5.75 Å². The molecule has 19 heavy (non-hydrogen) atoms. The Morgan fingerprint density at radius 1 is 1.37 bits per heavy atom. The van der Waals surface area contributed by atoms with Crippen molar-refractivity contribution in [3.63, 3.8) is 0 Å². The summed E-state index contributed by atoms with van der Waals surface area (Å²) < 4.78 is 5.83. The third-order valence-corrected chi connectivity index (χ3v) is 4.02. The van der Waals surface area contributed by atoms with Crippen molar-refractivity contribution in [2.45, 2.75) is 32.7 Å². The molecule has 0 radical (unpaired) electrons. The van der Waals surface area contributed by atoms with Crippen molar-refractivity contribution in [3.05, 3.63) is 29.8 Å². The minimum atomic E-state index is 0.542. The number of para-hydroxylation sites is 1. The Balaban J connectivity index is 1.67. The average Bonchev–Trinajstić information content (AvgIpc) is 2.92. The van der Waals surface area contributed by atoms with Crippen LogP contribution in [0.2, 0.25) is 0 Å². The van der Waals surface area contributed by atoms with E-state index >= 15 is 0 Å². The van der Waals surface area contributed by atoms with Gasteiger partial charge in [-0.2, -0.15) is 0 Å². The first-order valence-corrected chi connectivity index (χ1v) is 7.46. The molecule has 1 aliphatic heterocycles. The van der Waals surface area contributed by atoms with Crippen LogP contribution in [0.15, 0.2) is 24.3 Å². The molecule has 1 fully saturated rings. The Hall–Kier alpha value is -1.06. The van der Waals surface area contributed by atoms with Crippen LogP contribution in [-0.2, 0) is 6.54 Å². The van der Waals surface area contributed by atoms with Gasteiger partial charge in [-0.1, -0.05) is 31.5 Å². The summed E-state index contributed by atoms with van der Waals surface area (Å²) in [6.07, 6.45) is 3.78. The highest BCUT2D eigenvalue weighted by atomic mass is 16.5. The van der Waals surface area contributed by atoms with Gasteiger partial charge in [0.25, 0.3) is 0 Å². The molecule has 0 aromatic heterocycles. The molecular weight excluding hydrogens is 236 g/mol. The molecule has 0 amide bonds. The van der Waals surface area contributed by atoms with E-state index in [4.69, 9.17) is 10.5 Å². The fourth-order valence-corrected chi connectivity index (χ4v) is 2.73. The van der Waals surface area contributed by atoms with E-state index in [1.807, 2.05) is 24.3 Å². The zero-order valence-electron chi connectivity index (χ0n) is 12.0. The van der Waals surface area contributed by atoms with Crippen LogP contribution in [0, 0.1) is 5.92 Å². The zero-order valence-corrected chi connectivity index (χ0v) is 12.0. The third kappa shape index (κ3) is 4.22. The second-order valence-electron chi connectivity index (χ2n) is 5.38. The number of ether oxygens (including phenoxy) is 1. The van der Waals surface area contributed by atoms with E-state index in [0.717, 1.165) is 36.8 Å². The van der Waals surface area contributed by atoms with Gasteiger partial charge in [-0.3, -0.25) is 0 Å². The van der Waals surface area contributed by atoms with E-state index in [1.54, 1.807) is 0 Å². The molecule has 1 atom stereocenters. The van der Waals surface area contributed by atoms with Crippen molar-refractivity contribution in [1.82, 2.24) is 4.90 Å². The lowest BCUT2D eigenvalue weighted by Gasteiger charge is -2.16. The molecule has 0 bridgehead atoms. The SMILES string of the molecule is CCC1CCN(CCCOc2ccccc2CN)C1. The summed E-state index contributed by atoms with van der Waals surface area (Å²) in [4.78, 5) is 2.56. The Labute approximate surface area is 116 Å². The van der Waals surface area contributed by atoms with Crippen molar-refractivity contribution in [1.29, 1.82) is 0 Å². The summed E-state index contributed by atoms with van der Waals surface area (Å²) in [5, 5.41) is 0. The summed E-state index contributed by atoms with van der Waals surface area (Å²) >= 11 is 0. The highest BCUT2D eigenvalue weighted by Gasteiger charge is 2.19. The quantitative estimate of drug-likeness (QED) is 0.768. The Kier molecular flexibility index (Phi) is 5.67. The van der Waals surface area contributed by atoms with Crippen LogP contribution in [0.5, 0.6) is 5.75 Å². The molecule has 1 heterocycles. The predicted octanol–water partition coefficient (Wildman–Crippen LogP) is 2.65. The standard InChI is InChI=1S/C16H26N2O/c1-2-14-8-10-18(13-14)9-5-11-19-16-7-4-3-6-15(16)12-17/h3-4,6-7,14H,2,5,8-13,17H2,1H3. The van der Waals surface area contributed by atoms with Gasteiger partial charge in [0.05, 0.1) is 6.61 Å². The lowest BCUT2D eigenvalue weighted by Crippen LogP contribution is -2.23. The van der Waals surface area contributed by atoms with Crippen LogP contribution in [0.25, 0.3) is 0 Å². The minimum absolute atomic E-state index is 0.542. The van der Waals surface area contributed by atoms with Gasteiger partial charge in [0.15, 0.2) is 0 Å². The molecule has 0 saturated carbocycles. The number of hydrogen-bond acceptors (Lipinski definition) is 3. The lowest BCUT2D eigenvalue weighted by molar-refractivity contribution is 0.257. The van der Waals surface area contributed by atoms with Crippen LogP contribution in [0.4, 0.5) is 0 Å². The summed E-state index contributed by atoms with van der Waals surface area (Å²) in [6, 6.07) is 8.04. The third-order valence-electron chi connectivity index (χ3n) is 4.02. The van der Waals surface area contributed by atoms with Crippen molar-refractivity contribution in [2.24, 2.45) is 11.7 Å². The Morgan fingerprint density at radius 2 is 2.21 bits per heavy atom. The molecule has 1 saturated heterocycles. The largest absolute Gasteiger partial charge is 0.493 e. The average molecular weight is 262 g/mol. The number of hydrogen-bond donors (Lipinski definition) is 1. The fraction of sp³-hybridized carbons (Fsp3) is 0.625. The van der Waals surface area contributed by atoms with Crippen LogP contribution >= 0.6 is 0 Å². The van der Waals surface area contributed by atoms with Gasteiger partial charge >= 0.3 is 0 Å². The van der Waals surface area contributed by atoms with E-state index in [9.17, 15) is 0 Å². The van der Waals surface area contributed by atoms with Gasteiger partial charge in [0.1, 0.15) is 5.75 Å². The molecule has 2 rings (SSSR count). The molecule has 106 valence electrons. The lowest BCUT2D eigenvalue weighted by atomic mass is 10.1. The van der Waals surface area contributed by atoms with Crippen LogP contribution in [0.3, 0.4) is 0 Å². The highest BCUT2D eigenvalue weighted by Crippen LogP contribution is 2.20. The normalized spacial score (nSPS) is 19.8. The number of benzene rings is 1. The van der Waals surface area contributed by atoms with Crippen LogP contribution in [0.1, 0.15) is 31.7 Å². The van der Waals surface area contributed by atoms with Crippen molar-refractivity contribution < 1.29 is 4.74 Å². The first kappa shape index (κ1) is 14.4. The number of likely N-dealkylation sites (tertiary alicyclic amines) is 1. The van der Waals surface area contributed by atoms with E-state index in [-0.39, 0.29) is 0 Å². The van der Waals surface area contributed by atoms with E-state index in [2.05, 4.69) is 11.8 Å². The smallest absolute Gasteiger partial charge is 0.123 e. The molecular formula is C16H26N2O. The molecule has 1 unspecified atom stereocenters. The molecule has 0 spiro atoms. The number of nitrogens with two attached hydrogens (primary N) is 1. The Bertz CT molecular complexity index is 381. The van der Waals surface area contributed by atoms with Gasteiger partial charge in [-0.25, -0.2) is 0 Å². The highest BCUT2D eigenvalue weighted by molar-refractivity contribution is 5.32. The summed E-state index contributed by atoms with van der Waals surface area (Å²) in [7, 11) is 0. The molecule has 1 aliphatic rings. The summed E-state index contributed by atoms with van der Waals surface area (Å²) in [5.41, 5.74) is 6.79. The second kappa shape index (κ2) is 7.51. The molecule has 3 heteroatoms. The fourth-order valence-electron chi connectivity index (χ4n) is 2.73. The monoisotopic (exact) mass is 262 g/mol. The second-order valence-corrected chi connectivity index (χ2v) is 5.38. The van der Waals surface area contributed by atoms with E-state index in [0.29, 0.717) is 6.54 Å². The first-order valence-electron chi connectivity index (χ1n) is 7.46. The summed E-state index contributed by atoms with van der Waals surface area (Å²) in [6.45, 7) is 7.31. The van der Waals surface area contributed by atoms with E-state index < -0.39 is 0 Å². The molecule has 3 nitrogen and oxygen atoms in total. The molecule has 1 aromatic rings. The number of nitrogens with zero attached hydrogens (tertiary/aromatic N) is 1. The van der Waals surface area contributed by atoms with Gasteiger partial charge in [0, 0.05) is 25.2 Å². The number of rotatable bonds is 7. The maximum atomic E-state index is 5.83. The van der Waals surface area contributed by atoms with E-state index in [1.165, 1.54) is 25.9 Å². The predicted molar refractivity (Wildman–Crippen MR) is 79.3 cm³/mol. The summed E-state index contributed by atoms with van der Waals surface area (Å²) in [5.74, 6) is 1.86. The zero-order chi connectivity index (χ0) is 13.5. The van der Waals surface area contributed by atoms with Crippen LogP contribution in [-0.4, -0.2) is 31.1 Å². The van der Waals surface area contributed by atoms with Crippen molar-refractivity contribution >= 4 is 0 Å². The maximum Gasteiger partial charge on any atom is 0.123 e. The topological polar surface area (TPSA) is 38.5 Å². The van der Waals surface area contributed by atoms with Crippen molar-refractivity contribution in [2.75, 3.05) is 26.2 Å². The van der Waals surface area contributed by atoms with Gasteiger partial charge in [-0.05, 0) is 31.4 Å². The van der Waals surface area contributed by atoms with Crippen LogP contribution < -0.4 is 10.5 Å². The van der Waals surface area contributed by atoms with Gasteiger partial charge in [-0.15, -0.1) is 0 Å². The molecule has 1 aromatic carbocycles. The van der Waals surface area contributed by atoms with Gasteiger partial charge in [0.2, 0.25) is 0 Å². The van der Waals surface area contributed by atoms with Gasteiger partial charge < -0.3 is 15.4 Å². The maximum absolute atomic E-state index is 5.83. The first-order chi connectivity index (χ1) is 9.33. The molecule has 2 N–H and O–H groups in total.